The van der Waals surface area contributed by atoms with Gasteiger partial charge >= 0.3 is 0 Å². The first-order valence-electron chi connectivity index (χ1n) is 5.78. The van der Waals surface area contributed by atoms with Gasteiger partial charge in [-0.25, -0.2) is 0 Å². The Labute approximate surface area is 86.1 Å². The minimum absolute atomic E-state index is 0.767. The summed E-state index contributed by atoms with van der Waals surface area (Å²) in [7, 11) is 0. The van der Waals surface area contributed by atoms with Crippen LogP contribution in [0.4, 0.5) is 0 Å². The zero-order chi connectivity index (χ0) is 9.80. The van der Waals surface area contributed by atoms with Gasteiger partial charge in [-0.05, 0) is 31.4 Å². The Hall–Kier alpha value is -0.760. The van der Waals surface area contributed by atoms with Crippen LogP contribution in [0.1, 0.15) is 44.0 Å². The van der Waals surface area contributed by atoms with Gasteiger partial charge in [-0.2, -0.15) is 0 Å². The number of H-pyrrole nitrogens is 1. The van der Waals surface area contributed by atoms with E-state index >= 15 is 0 Å². The fourth-order valence-electron chi connectivity index (χ4n) is 2.18. The van der Waals surface area contributed by atoms with Crippen LogP contribution in [0.2, 0.25) is 0 Å². The van der Waals surface area contributed by atoms with Gasteiger partial charge in [-0.15, -0.1) is 0 Å². The maximum Gasteiger partial charge on any atom is 0.0359 e. The van der Waals surface area contributed by atoms with Gasteiger partial charge in [0.15, 0.2) is 0 Å². The topological polar surface area (TPSA) is 27.8 Å². The molecule has 2 rings (SSSR count). The Kier molecular flexibility index (Phi) is 3.25. The van der Waals surface area contributed by atoms with Gasteiger partial charge in [0.05, 0.1) is 0 Å². The van der Waals surface area contributed by atoms with Crippen LogP contribution in [0, 0.1) is 0 Å². The van der Waals surface area contributed by atoms with E-state index < -0.39 is 0 Å². The molecule has 2 nitrogen and oxygen atoms in total. The lowest BCUT2D eigenvalue weighted by Crippen LogP contribution is -2.25. The highest BCUT2D eigenvalue weighted by Gasteiger charge is 2.13. The summed E-state index contributed by atoms with van der Waals surface area (Å²) in [5.74, 6) is 0. The highest BCUT2D eigenvalue weighted by atomic mass is 14.9. The van der Waals surface area contributed by atoms with Crippen molar-refractivity contribution in [2.75, 3.05) is 0 Å². The van der Waals surface area contributed by atoms with E-state index in [0.29, 0.717) is 0 Å². The molecule has 0 aromatic carbocycles. The van der Waals surface area contributed by atoms with Crippen LogP contribution in [0.3, 0.4) is 0 Å². The van der Waals surface area contributed by atoms with Crippen LogP contribution in [-0.4, -0.2) is 11.0 Å². The van der Waals surface area contributed by atoms with Gasteiger partial charge in [-0.1, -0.05) is 19.8 Å². The fraction of sp³-hybridized carbons (Fsp3) is 0.667. The predicted molar refractivity (Wildman–Crippen MR) is 59.3 cm³/mol. The third-order valence-electron chi connectivity index (χ3n) is 3.12. The lowest BCUT2D eigenvalue weighted by molar-refractivity contribution is 0.520. The van der Waals surface area contributed by atoms with Crippen molar-refractivity contribution < 1.29 is 0 Å². The SMILES string of the molecule is CCc1ccc(CNC2CCCC2)[nH]1. The minimum Gasteiger partial charge on any atom is -0.361 e. The maximum absolute atomic E-state index is 3.60. The summed E-state index contributed by atoms with van der Waals surface area (Å²) in [6.07, 6.45) is 6.64. The molecule has 1 heterocycles. The Morgan fingerprint density at radius 2 is 2.00 bits per heavy atom. The molecule has 2 heteroatoms. The van der Waals surface area contributed by atoms with Gasteiger partial charge in [-0.3, -0.25) is 0 Å². The lowest BCUT2D eigenvalue weighted by atomic mass is 10.2. The molecule has 0 aliphatic heterocycles. The molecule has 1 aromatic heterocycles. The average molecular weight is 192 g/mol. The van der Waals surface area contributed by atoms with Crippen molar-refractivity contribution in [2.45, 2.75) is 51.6 Å². The summed E-state index contributed by atoms with van der Waals surface area (Å²) in [6.45, 7) is 3.19. The summed E-state index contributed by atoms with van der Waals surface area (Å²) < 4.78 is 0. The van der Waals surface area contributed by atoms with Crippen LogP contribution in [0.5, 0.6) is 0 Å². The molecule has 0 atom stereocenters. The molecule has 0 saturated heterocycles. The van der Waals surface area contributed by atoms with E-state index in [1.807, 2.05) is 0 Å². The molecule has 14 heavy (non-hydrogen) atoms. The zero-order valence-electron chi connectivity index (χ0n) is 8.97. The van der Waals surface area contributed by atoms with E-state index in [2.05, 4.69) is 29.4 Å². The van der Waals surface area contributed by atoms with Crippen LogP contribution >= 0.6 is 0 Å². The maximum atomic E-state index is 3.60. The summed E-state index contributed by atoms with van der Waals surface area (Å²) in [5, 5.41) is 3.60. The first-order valence-corrected chi connectivity index (χ1v) is 5.78. The van der Waals surface area contributed by atoms with Gasteiger partial charge in [0.1, 0.15) is 0 Å². The Balaban J connectivity index is 1.79. The number of aromatic amines is 1. The summed E-state index contributed by atoms with van der Waals surface area (Å²) in [6, 6.07) is 5.15. The highest BCUT2D eigenvalue weighted by molar-refractivity contribution is 5.12. The first kappa shape index (κ1) is 9.78. The Bertz CT molecular complexity index is 272. The molecule has 0 amide bonds. The predicted octanol–water partition coefficient (Wildman–Crippen LogP) is 2.61. The first-order chi connectivity index (χ1) is 6.88. The quantitative estimate of drug-likeness (QED) is 0.754. The number of rotatable bonds is 4. The second-order valence-electron chi connectivity index (χ2n) is 4.22. The summed E-state index contributed by atoms with van der Waals surface area (Å²) >= 11 is 0. The Morgan fingerprint density at radius 1 is 1.29 bits per heavy atom. The average Bonchev–Trinajstić information content (AvgIpc) is 2.86. The van der Waals surface area contributed by atoms with Crippen molar-refractivity contribution in [2.24, 2.45) is 0 Å². The number of nitrogens with one attached hydrogen (secondary N) is 2. The van der Waals surface area contributed by atoms with Crippen molar-refractivity contribution in [3.05, 3.63) is 23.5 Å². The number of aromatic nitrogens is 1. The van der Waals surface area contributed by atoms with Gasteiger partial charge < -0.3 is 10.3 Å². The third-order valence-corrected chi connectivity index (χ3v) is 3.12. The largest absolute Gasteiger partial charge is 0.361 e. The van der Waals surface area contributed by atoms with Gasteiger partial charge in [0.25, 0.3) is 0 Å². The molecule has 1 saturated carbocycles. The minimum atomic E-state index is 0.767. The molecule has 1 aliphatic carbocycles. The van der Waals surface area contributed by atoms with E-state index in [4.69, 9.17) is 0 Å². The van der Waals surface area contributed by atoms with Crippen molar-refractivity contribution in [3.63, 3.8) is 0 Å². The molecule has 0 bridgehead atoms. The van der Waals surface area contributed by atoms with Crippen LogP contribution < -0.4 is 5.32 Å². The molecular weight excluding hydrogens is 172 g/mol. The Morgan fingerprint density at radius 3 is 2.64 bits per heavy atom. The highest BCUT2D eigenvalue weighted by Crippen LogP contribution is 2.18. The number of aryl methyl sites for hydroxylation is 1. The van der Waals surface area contributed by atoms with Gasteiger partial charge in [0, 0.05) is 24.0 Å². The molecule has 1 aromatic rings. The van der Waals surface area contributed by atoms with E-state index in [-0.39, 0.29) is 0 Å². The number of hydrogen-bond acceptors (Lipinski definition) is 1. The van der Waals surface area contributed by atoms with E-state index in [1.165, 1.54) is 37.1 Å². The third kappa shape index (κ3) is 2.38. The standard InChI is InChI=1S/C12H20N2/c1-2-10-7-8-12(14-10)9-13-11-5-3-4-6-11/h7-8,11,13-14H,2-6,9H2,1H3. The smallest absolute Gasteiger partial charge is 0.0359 e. The monoisotopic (exact) mass is 192 g/mol. The van der Waals surface area contributed by atoms with E-state index in [0.717, 1.165) is 19.0 Å². The molecule has 78 valence electrons. The van der Waals surface area contributed by atoms with Crippen molar-refractivity contribution >= 4 is 0 Å². The molecule has 0 unspecified atom stereocenters. The van der Waals surface area contributed by atoms with Crippen LogP contribution in [-0.2, 0) is 13.0 Å². The summed E-state index contributed by atoms with van der Waals surface area (Å²) in [4.78, 5) is 3.42. The normalized spacial score (nSPS) is 17.8. The zero-order valence-corrected chi connectivity index (χ0v) is 8.97. The molecule has 1 fully saturated rings. The van der Waals surface area contributed by atoms with Crippen LogP contribution in [0.15, 0.2) is 12.1 Å². The molecule has 1 aliphatic rings. The van der Waals surface area contributed by atoms with E-state index in [9.17, 15) is 0 Å². The second kappa shape index (κ2) is 4.65. The van der Waals surface area contributed by atoms with Crippen molar-refractivity contribution in [1.29, 1.82) is 0 Å². The number of hydrogen-bond donors (Lipinski definition) is 2. The van der Waals surface area contributed by atoms with E-state index in [1.54, 1.807) is 0 Å². The van der Waals surface area contributed by atoms with Gasteiger partial charge in [0.2, 0.25) is 0 Å². The molecule has 2 N–H and O–H groups in total. The lowest BCUT2D eigenvalue weighted by Gasteiger charge is -2.10. The fourth-order valence-corrected chi connectivity index (χ4v) is 2.18. The summed E-state index contributed by atoms with van der Waals surface area (Å²) in [5.41, 5.74) is 2.67. The second-order valence-corrected chi connectivity index (χ2v) is 4.22. The molecular formula is C12H20N2. The van der Waals surface area contributed by atoms with Crippen molar-refractivity contribution in [3.8, 4) is 0 Å². The molecule has 0 radical (unpaired) electrons. The van der Waals surface area contributed by atoms with Crippen molar-refractivity contribution in [1.82, 2.24) is 10.3 Å². The molecule has 0 spiro atoms. The van der Waals surface area contributed by atoms with Crippen LogP contribution in [0.25, 0.3) is 0 Å².